The van der Waals surface area contributed by atoms with Gasteiger partial charge < -0.3 is 10.4 Å². The summed E-state index contributed by atoms with van der Waals surface area (Å²) in [6.07, 6.45) is 0.497. The van der Waals surface area contributed by atoms with Crippen LogP contribution in [-0.2, 0) is 4.79 Å². The zero-order valence-corrected chi connectivity index (χ0v) is 13.6. The quantitative estimate of drug-likeness (QED) is 0.874. The number of amides is 1. The number of carbonyl (C=O) groups excluding carboxylic acids is 1. The topological polar surface area (TPSA) is 66.4 Å². The number of carboxylic acid groups (broad SMARTS) is 1. The lowest BCUT2D eigenvalue weighted by Crippen LogP contribution is -2.35. The molecule has 0 saturated heterocycles. The van der Waals surface area contributed by atoms with E-state index in [0.29, 0.717) is 17.0 Å². The standard InChI is InChI=1S/C16H22ClNO3/c1-10-5-11(7-13(17)6-10)14(19)18-9-12(15(20)21)8-16(2,3)4/h5-7,12H,8-9H2,1-4H3,(H,18,19)(H,20,21). The van der Waals surface area contributed by atoms with Gasteiger partial charge in [0, 0.05) is 17.1 Å². The largest absolute Gasteiger partial charge is 0.481 e. The molecule has 1 atom stereocenters. The van der Waals surface area contributed by atoms with E-state index in [2.05, 4.69) is 5.32 Å². The van der Waals surface area contributed by atoms with Gasteiger partial charge in [-0.05, 0) is 42.5 Å². The normalized spacial score (nSPS) is 12.8. The molecule has 21 heavy (non-hydrogen) atoms. The molecule has 116 valence electrons. The van der Waals surface area contributed by atoms with Gasteiger partial charge in [0.1, 0.15) is 0 Å². The van der Waals surface area contributed by atoms with Gasteiger partial charge in [0.15, 0.2) is 0 Å². The Morgan fingerprint density at radius 1 is 1.29 bits per heavy atom. The number of hydrogen-bond acceptors (Lipinski definition) is 2. The molecule has 0 radical (unpaired) electrons. The van der Waals surface area contributed by atoms with Gasteiger partial charge in [-0.1, -0.05) is 32.4 Å². The molecule has 1 aromatic rings. The van der Waals surface area contributed by atoms with E-state index >= 15 is 0 Å². The summed E-state index contributed by atoms with van der Waals surface area (Å²) in [6.45, 7) is 7.89. The molecule has 1 aromatic carbocycles. The molecule has 0 fully saturated rings. The SMILES string of the molecule is Cc1cc(Cl)cc(C(=O)NCC(CC(C)(C)C)C(=O)O)c1. The summed E-state index contributed by atoms with van der Waals surface area (Å²) in [5, 5.41) is 12.4. The molecule has 1 rings (SSSR count). The highest BCUT2D eigenvalue weighted by Gasteiger charge is 2.25. The lowest BCUT2D eigenvalue weighted by atomic mass is 9.84. The van der Waals surface area contributed by atoms with Gasteiger partial charge >= 0.3 is 5.97 Å². The monoisotopic (exact) mass is 311 g/mol. The van der Waals surface area contributed by atoms with E-state index in [9.17, 15) is 14.7 Å². The Balaban J connectivity index is 2.71. The van der Waals surface area contributed by atoms with Gasteiger partial charge in [0.05, 0.1) is 5.92 Å². The van der Waals surface area contributed by atoms with E-state index in [-0.39, 0.29) is 17.9 Å². The van der Waals surface area contributed by atoms with Crippen LogP contribution in [0.5, 0.6) is 0 Å². The summed E-state index contributed by atoms with van der Waals surface area (Å²) in [4.78, 5) is 23.3. The Morgan fingerprint density at radius 2 is 1.90 bits per heavy atom. The molecule has 0 aliphatic heterocycles. The number of carbonyl (C=O) groups is 2. The smallest absolute Gasteiger partial charge is 0.308 e. The van der Waals surface area contributed by atoms with Crippen molar-refractivity contribution in [1.29, 1.82) is 0 Å². The summed E-state index contributed by atoms with van der Waals surface area (Å²) in [7, 11) is 0. The first-order chi connectivity index (χ1) is 9.58. The van der Waals surface area contributed by atoms with E-state index < -0.39 is 11.9 Å². The predicted octanol–water partition coefficient (Wildman–Crippen LogP) is 3.52. The van der Waals surface area contributed by atoms with E-state index in [1.54, 1.807) is 18.2 Å². The maximum absolute atomic E-state index is 12.1. The maximum atomic E-state index is 12.1. The summed E-state index contributed by atoms with van der Waals surface area (Å²) in [5.41, 5.74) is 1.22. The minimum Gasteiger partial charge on any atom is -0.481 e. The minimum atomic E-state index is -0.896. The molecular weight excluding hydrogens is 290 g/mol. The van der Waals surface area contributed by atoms with Crippen LogP contribution in [0.1, 0.15) is 43.1 Å². The number of hydrogen-bond donors (Lipinski definition) is 2. The minimum absolute atomic E-state index is 0.108. The van der Waals surface area contributed by atoms with Crippen LogP contribution in [-0.4, -0.2) is 23.5 Å². The molecule has 0 aliphatic rings. The first-order valence-corrected chi connectivity index (χ1v) is 7.24. The average Bonchev–Trinajstić information content (AvgIpc) is 2.31. The summed E-state index contributed by atoms with van der Waals surface area (Å²) in [5.74, 6) is -1.80. The molecule has 0 bridgehead atoms. The molecule has 2 N–H and O–H groups in total. The van der Waals surface area contributed by atoms with Crippen LogP contribution in [0.3, 0.4) is 0 Å². The highest BCUT2D eigenvalue weighted by atomic mass is 35.5. The fourth-order valence-electron chi connectivity index (χ4n) is 2.17. The number of rotatable bonds is 5. The summed E-state index contributed by atoms with van der Waals surface area (Å²) < 4.78 is 0. The van der Waals surface area contributed by atoms with E-state index in [1.165, 1.54) is 0 Å². The fraction of sp³-hybridized carbons (Fsp3) is 0.500. The van der Waals surface area contributed by atoms with Crippen molar-refractivity contribution in [2.45, 2.75) is 34.1 Å². The molecule has 0 heterocycles. The zero-order valence-electron chi connectivity index (χ0n) is 12.9. The van der Waals surface area contributed by atoms with Crippen LogP contribution < -0.4 is 5.32 Å². The lowest BCUT2D eigenvalue weighted by Gasteiger charge is -2.23. The first-order valence-electron chi connectivity index (χ1n) is 6.87. The zero-order chi connectivity index (χ0) is 16.2. The van der Waals surface area contributed by atoms with Crippen LogP contribution in [0.25, 0.3) is 0 Å². The molecule has 5 heteroatoms. The Bertz CT molecular complexity index is 515. The molecular formula is C16H22ClNO3. The lowest BCUT2D eigenvalue weighted by molar-refractivity contribution is -0.142. The highest BCUT2D eigenvalue weighted by molar-refractivity contribution is 6.31. The van der Waals surface area contributed by atoms with Gasteiger partial charge in [-0.15, -0.1) is 0 Å². The van der Waals surface area contributed by atoms with Crippen LogP contribution in [0.4, 0.5) is 0 Å². The number of nitrogens with one attached hydrogen (secondary N) is 1. The van der Waals surface area contributed by atoms with Gasteiger partial charge in [-0.25, -0.2) is 0 Å². The van der Waals surface area contributed by atoms with Crippen molar-refractivity contribution < 1.29 is 14.7 Å². The predicted molar refractivity (Wildman–Crippen MR) is 83.7 cm³/mol. The third kappa shape index (κ3) is 6.17. The molecule has 0 spiro atoms. The second kappa shape index (κ2) is 6.94. The second-order valence-corrected chi connectivity index (χ2v) is 6.96. The van der Waals surface area contributed by atoms with Gasteiger partial charge in [0.2, 0.25) is 0 Å². The van der Waals surface area contributed by atoms with Crippen molar-refractivity contribution in [2.75, 3.05) is 6.54 Å². The van der Waals surface area contributed by atoms with Crippen LogP contribution in [0.2, 0.25) is 5.02 Å². The highest BCUT2D eigenvalue weighted by Crippen LogP contribution is 2.24. The Hall–Kier alpha value is -1.55. The average molecular weight is 312 g/mol. The Morgan fingerprint density at radius 3 is 2.38 bits per heavy atom. The second-order valence-electron chi connectivity index (χ2n) is 6.53. The van der Waals surface area contributed by atoms with Crippen molar-refractivity contribution in [3.05, 3.63) is 34.3 Å². The number of benzene rings is 1. The van der Waals surface area contributed by atoms with Crippen LogP contribution in [0, 0.1) is 18.3 Å². The molecule has 0 saturated carbocycles. The van der Waals surface area contributed by atoms with Crippen molar-refractivity contribution in [3.8, 4) is 0 Å². The third-order valence-corrected chi connectivity index (χ3v) is 3.24. The van der Waals surface area contributed by atoms with E-state index in [4.69, 9.17) is 11.6 Å². The molecule has 4 nitrogen and oxygen atoms in total. The molecule has 0 aromatic heterocycles. The molecule has 0 aliphatic carbocycles. The maximum Gasteiger partial charge on any atom is 0.308 e. The van der Waals surface area contributed by atoms with E-state index in [0.717, 1.165) is 5.56 Å². The third-order valence-electron chi connectivity index (χ3n) is 3.02. The van der Waals surface area contributed by atoms with Crippen LogP contribution >= 0.6 is 11.6 Å². The number of halogens is 1. The molecule has 1 amide bonds. The Kier molecular flexibility index (Phi) is 5.78. The van der Waals surface area contributed by atoms with Crippen molar-refractivity contribution >= 4 is 23.5 Å². The van der Waals surface area contributed by atoms with Crippen molar-refractivity contribution in [2.24, 2.45) is 11.3 Å². The van der Waals surface area contributed by atoms with Gasteiger partial charge in [-0.3, -0.25) is 9.59 Å². The number of aliphatic carboxylic acids is 1. The van der Waals surface area contributed by atoms with E-state index in [1.807, 2.05) is 27.7 Å². The summed E-state index contributed by atoms with van der Waals surface area (Å²) in [6, 6.07) is 5.06. The van der Waals surface area contributed by atoms with Gasteiger partial charge in [-0.2, -0.15) is 0 Å². The van der Waals surface area contributed by atoms with Crippen molar-refractivity contribution in [3.63, 3.8) is 0 Å². The summed E-state index contributed by atoms with van der Waals surface area (Å²) >= 11 is 5.92. The first kappa shape index (κ1) is 17.5. The van der Waals surface area contributed by atoms with Crippen molar-refractivity contribution in [1.82, 2.24) is 5.32 Å². The molecule has 1 unspecified atom stereocenters. The Labute approximate surface area is 130 Å². The van der Waals surface area contributed by atoms with Gasteiger partial charge in [0.25, 0.3) is 5.91 Å². The number of aryl methyl sites for hydroxylation is 1. The fourth-order valence-corrected chi connectivity index (χ4v) is 2.46. The van der Waals surface area contributed by atoms with Crippen LogP contribution in [0.15, 0.2) is 18.2 Å². The number of carboxylic acids is 1.